The first-order valence-electron chi connectivity index (χ1n) is 7.19. The standard InChI is InChI=1S/C15H22N2O4S/c1-12(22(3,19)20)15(18)17-9-7-16(8-10-17)13-5-4-6-14(11-13)21-2/h4-6,11-12H,7-10H2,1-3H3/t12-/m0/s1. The Labute approximate surface area is 131 Å². The van der Waals surface area contributed by atoms with Crippen molar-refractivity contribution in [1.29, 1.82) is 0 Å². The number of ether oxygens (including phenoxy) is 1. The maximum absolute atomic E-state index is 12.2. The molecule has 1 heterocycles. The van der Waals surface area contributed by atoms with Gasteiger partial charge in [0.2, 0.25) is 5.91 Å². The van der Waals surface area contributed by atoms with Crippen molar-refractivity contribution in [3.8, 4) is 5.75 Å². The van der Waals surface area contributed by atoms with Gasteiger partial charge in [-0.1, -0.05) is 6.07 Å². The summed E-state index contributed by atoms with van der Waals surface area (Å²) in [5.74, 6) is 0.481. The largest absolute Gasteiger partial charge is 0.497 e. The molecule has 1 aliphatic rings. The molecule has 0 radical (unpaired) electrons. The molecule has 7 heteroatoms. The molecule has 0 saturated carbocycles. The number of methoxy groups -OCH3 is 1. The summed E-state index contributed by atoms with van der Waals surface area (Å²) in [7, 11) is -1.72. The molecule has 1 aromatic carbocycles. The number of sulfone groups is 1. The molecule has 122 valence electrons. The summed E-state index contributed by atoms with van der Waals surface area (Å²) in [6, 6.07) is 7.77. The van der Waals surface area contributed by atoms with Crippen molar-refractivity contribution in [2.24, 2.45) is 0 Å². The highest BCUT2D eigenvalue weighted by atomic mass is 32.2. The number of hydrogen-bond donors (Lipinski definition) is 0. The van der Waals surface area contributed by atoms with E-state index in [2.05, 4.69) is 4.90 Å². The second kappa shape index (κ2) is 6.56. The molecular weight excluding hydrogens is 304 g/mol. The Morgan fingerprint density at radius 1 is 1.23 bits per heavy atom. The third-order valence-corrected chi connectivity index (χ3v) is 5.49. The summed E-state index contributed by atoms with van der Waals surface area (Å²) in [4.78, 5) is 16.0. The fourth-order valence-corrected chi connectivity index (χ4v) is 2.95. The quantitative estimate of drug-likeness (QED) is 0.818. The third kappa shape index (κ3) is 3.71. The van der Waals surface area contributed by atoms with Gasteiger partial charge in [0.15, 0.2) is 9.84 Å². The van der Waals surface area contributed by atoms with Gasteiger partial charge in [0, 0.05) is 44.2 Å². The molecule has 6 nitrogen and oxygen atoms in total. The number of nitrogens with zero attached hydrogens (tertiary/aromatic N) is 2. The lowest BCUT2D eigenvalue weighted by Crippen LogP contribution is -2.52. The molecule has 1 atom stereocenters. The van der Waals surface area contributed by atoms with Crippen LogP contribution in [-0.2, 0) is 14.6 Å². The van der Waals surface area contributed by atoms with Crippen LogP contribution >= 0.6 is 0 Å². The summed E-state index contributed by atoms with van der Waals surface area (Å²) >= 11 is 0. The lowest BCUT2D eigenvalue weighted by atomic mass is 10.2. The van der Waals surface area contributed by atoms with E-state index in [1.165, 1.54) is 6.92 Å². The van der Waals surface area contributed by atoms with E-state index in [0.29, 0.717) is 26.2 Å². The highest BCUT2D eigenvalue weighted by molar-refractivity contribution is 7.92. The molecular formula is C15H22N2O4S. The van der Waals surface area contributed by atoms with Gasteiger partial charge in [-0.15, -0.1) is 0 Å². The Morgan fingerprint density at radius 2 is 1.86 bits per heavy atom. The first-order chi connectivity index (χ1) is 10.3. The molecule has 0 spiro atoms. The number of rotatable bonds is 4. The minimum Gasteiger partial charge on any atom is -0.497 e. The van der Waals surface area contributed by atoms with Crippen molar-refractivity contribution in [3.05, 3.63) is 24.3 Å². The van der Waals surface area contributed by atoms with Crippen LogP contribution in [0.25, 0.3) is 0 Å². The van der Waals surface area contributed by atoms with Crippen molar-refractivity contribution >= 4 is 21.4 Å². The SMILES string of the molecule is COc1cccc(N2CCN(C(=O)[C@H](C)S(C)(=O)=O)CC2)c1. The monoisotopic (exact) mass is 326 g/mol. The van der Waals surface area contributed by atoms with Gasteiger partial charge in [-0.3, -0.25) is 4.79 Å². The fraction of sp³-hybridized carbons (Fsp3) is 0.533. The van der Waals surface area contributed by atoms with E-state index < -0.39 is 15.1 Å². The van der Waals surface area contributed by atoms with Crippen molar-refractivity contribution in [2.45, 2.75) is 12.2 Å². The Kier molecular flexibility index (Phi) is 4.95. The molecule has 0 N–H and O–H groups in total. The van der Waals surface area contributed by atoms with Gasteiger partial charge in [-0.05, 0) is 19.1 Å². The van der Waals surface area contributed by atoms with Crippen molar-refractivity contribution in [3.63, 3.8) is 0 Å². The average molecular weight is 326 g/mol. The Bertz CT molecular complexity index is 637. The zero-order chi connectivity index (χ0) is 16.3. The van der Waals surface area contributed by atoms with Gasteiger partial charge < -0.3 is 14.5 Å². The summed E-state index contributed by atoms with van der Waals surface area (Å²) in [6.45, 7) is 3.85. The van der Waals surface area contributed by atoms with Crippen LogP contribution in [0.3, 0.4) is 0 Å². The van der Waals surface area contributed by atoms with E-state index in [0.717, 1.165) is 17.7 Å². The number of carbonyl (C=O) groups excluding carboxylic acids is 1. The fourth-order valence-electron chi connectivity index (χ4n) is 2.43. The zero-order valence-corrected chi connectivity index (χ0v) is 14.0. The van der Waals surface area contributed by atoms with E-state index in [1.54, 1.807) is 12.0 Å². The first kappa shape index (κ1) is 16.6. The number of piperazine rings is 1. The topological polar surface area (TPSA) is 66.9 Å². The van der Waals surface area contributed by atoms with E-state index in [9.17, 15) is 13.2 Å². The number of amides is 1. The summed E-state index contributed by atoms with van der Waals surface area (Å²) in [5, 5.41) is -0.976. The lowest BCUT2D eigenvalue weighted by Gasteiger charge is -2.37. The molecule has 0 bridgehead atoms. The second-order valence-corrected chi connectivity index (χ2v) is 7.85. The number of carbonyl (C=O) groups is 1. The normalized spacial score (nSPS) is 17.2. The first-order valence-corrected chi connectivity index (χ1v) is 9.15. The van der Waals surface area contributed by atoms with Crippen LogP contribution in [0.1, 0.15) is 6.92 Å². The lowest BCUT2D eigenvalue weighted by molar-refractivity contribution is -0.130. The van der Waals surface area contributed by atoms with Crippen LogP contribution in [0.4, 0.5) is 5.69 Å². The van der Waals surface area contributed by atoms with Gasteiger partial charge in [-0.2, -0.15) is 0 Å². The van der Waals surface area contributed by atoms with Crippen LogP contribution in [0.15, 0.2) is 24.3 Å². The Hall–Kier alpha value is -1.76. The zero-order valence-electron chi connectivity index (χ0n) is 13.2. The van der Waals surface area contributed by atoms with Crippen molar-refractivity contribution in [2.75, 3.05) is 44.4 Å². The van der Waals surface area contributed by atoms with Gasteiger partial charge in [0.1, 0.15) is 11.0 Å². The third-order valence-electron chi connectivity index (χ3n) is 4.00. The smallest absolute Gasteiger partial charge is 0.240 e. The molecule has 1 aliphatic heterocycles. The second-order valence-electron chi connectivity index (χ2n) is 5.49. The molecule has 1 amide bonds. The van der Waals surface area contributed by atoms with Crippen LogP contribution in [0.2, 0.25) is 0 Å². The van der Waals surface area contributed by atoms with Crippen molar-refractivity contribution < 1.29 is 17.9 Å². The summed E-state index contributed by atoms with van der Waals surface area (Å²) in [5.41, 5.74) is 1.04. The molecule has 0 aliphatic carbocycles. The summed E-state index contributed by atoms with van der Waals surface area (Å²) in [6.07, 6.45) is 1.10. The number of benzene rings is 1. The van der Waals surface area contributed by atoms with E-state index >= 15 is 0 Å². The van der Waals surface area contributed by atoms with E-state index in [4.69, 9.17) is 4.74 Å². The molecule has 2 rings (SSSR count). The van der Waals surface area contributed by atoms with E-state index in [1.807, 2.05) is 24.3 Å². The number of anilines is 1. The average Bonchev–Trinajstić information content (AvgIpc) is 2.53. The maximum atomic E-state index is 12.2. The van der Waals surface area contributed by atoms with Gasteiger partial charge in [0.05, 0.1) is 7.11 Å². The highest BCUT2D eigenvalue weighted by Crippen LogP contribution is 2.22. The minimum absolute atomic E-state index is 0.312. The van der Waals surface area contributed by atoms with Gasteiger partial charge in [0.25, 0.3) is 0 Å². The molecule has 1 aromatic rings. The highest BCUT2D eigenvalue weighted by Gasteiger charge is 2.30. The predicted octanol–water partition coefficient (Wildman–Crippen LogP) is 0.777. The maximum Gasteiger partial charge on any atom is 0.240 e. The summed E-state index contributed by atoms with van der Waals surface area (Å²) < 4.78 is 28.2. The Balaban J connectivity index is 1.99. The Morgan fingerprint density at radius 3 is 2.41 bits per heavy atom. The van der Waals surface area contributed by atoms with Crippen LogP contribution in [-0.4, -0.2) is 64.0 Å². The van der Waals surface area contributed by atoms with Crippen molar-refractivity contribution in [1.82, 2.24) is 4.90 Å². The van der Waals surface area contributed by atoms with Crippen LogP contribution < -0.4 is 9.64 Å². The van der Waals surface area contributed by atoms with Gasteiger partial charge in [-0.25, -0.2) is 8.42 Å². The van der Waals surface area contributed by atoms with Gasteiger partial charge >= 0.3 is 0 Å². The van der Waals surface area contributed by atoms with Crippen LogP contribution in [0.5, 0.6) is 5.75 Å². The molecule has 0 aromatic heterocycles. The molecule has 22 heavy (non-hydrogen) atoms. The number of hydrogen-bond acceptors (Lipinski definition) is 5. The van der Waals surface area contributed by atoms with E-state index in [-0.39, 0.29) is 5.91 Å². The molecule has 1 saturated heterocycles. The molecule has 0 unspecified atom stereocenters. The predicted molar refractivity (Wildman–Crippen MR) is 86.1 cm³/mol. The minimum atomic E-state index is -3.35. The molecule has 1 fully saturated rings. The van der Waals surface area contributed by atoms with Crippen LogP contribution in [0, 0.1) is 0 Å².